The number of para-hydroxylation sites is 2. The Morgan fingerprint density at radius 3 is 1.52 bits per heavy atom. The van der Waals surface area contributed by atoms with Crippen molar-refractivity contribution in [3.63, 3.8) is 0 Å². The normalized spacial score (nSPS) is 10.3. The molecule has 0 saturated carbocycles. The molecule has 4 nitrogen and oxygen atoms in total. The van der Waals surface area contributed by atoms with Gasteiger partial charge in [-0.05, 0) is 37.1 Å². The molecule has 2 aromatic carbocycles. The zero-order chi connectivity index (χ0) is 16.7. The molecular weight excluding hydrogens is 292 g/mol. The van der Waals surface area contributed by atoms with E-state index in [-0.39, 0.29) is 0 Å². The van der Waals surface area contributed by atoms with E-state index in [2.05, 4.69) is 0 Å². The van der Waals surface area contributed by atoms with E-state index in [1.54, 1.807) is 14.2 Å². The Bertz CT molecular complexity index is 582. The molecule has 23 heavy (non-hydrogen) atoms. The third kappa shape index (κ3) is 4.31. The lowest BCUT2D eigenvalue weighted by Gasteiger charge is -2.15. The van der Waals surface area contributed by atoms with Crippen molar-refractivity contribution in [3.05, 3.63) is 47.5 Å². The minimum Gasteiger partial charge on any atom is -0.493 e. The molecule has 0 heterocycles. The molecule has 2 rings (SSSR count). The van der Waals surface area contributed by atoms with Gasteiger partial charge < -0.3 is 18.9 Å². The average Bonchev–Trinajstić information content (AvgIpc) is 2.56. The van der Waals surface area contributed by atoms with Crippen molar-refractivity contribution in [3.8, 4) is 23.0 Å². The molecule has 0 bridgehead atoms. The van der Waals surface area contributed by atoms with Crippen LogP contribution < -0.4 is 18.9 Å². The summed E-state index contributed by atoms with van der Waals surface area (Å²) in [5, 5.41) is 0. The lowest BCUT2D eigenvalue weighted by molar-refractivity contribution is 0.233. The summed E-state index contributed by atoms with van der Waals surface area (Å²) in [6.07, 6.45) is 0.773. The summed E-state index contributed by atoms with van der Waals surface area (Å²) in [6, 6.07) is 11.7. The summed E-state index contributed by atoms with van der Waals surface area (Å²) in [7, 11) is 3.30. The largest absolute Gasteiger partial charge is 0.493 e. The molecular formula is C19H24O4. The first-order valence-corrected chi connectivity index (χ1v) is 7.70. The third-order valence-electron chi connectivity index (χ3n) is 3.57. The Labute approximate surface area is 137 Å². The van der Waals surface area contributed by atoms with E-state index >= 15 is 0 Å². The van der Waals surface area contributed by atoms with E-state index in [0.29, 0.717) is 13.2 Å². The highest BCUT2D eigenvalue weighted by atomic mass is 16.5. The minimum atomic E-state index is 0.565. The van der Waals surface area contributed by atoms with Gasteiger partial charge in [0, 0.05) is 6.42 Å². The van der Waals surface area contributed by atoms with Crippen LogP contribution in [0.25, 0.3) is 0 Å². The molecule has 0 aromatic heterocycles. The molecule has 2 aromatic rings. The molecule has 4 heteroatoms. The number of ether oxygens (including phenoxy) is 4. The number of hydrogen-bond acceptors (Lipinski definition) is 4. The fourth-order valence-corrected chi connectivity index (χ4v) is 2.35. The lowest BCUT2D eigenvalue weighted by atomic mass is 10.2. The van der Waals surface area contributed by atoms with Crippen molar-refractivity contribution in [2.24, 2.45) is 0 Å². The maximum atomic E-state index is 5.85. The fourth-order valence-electron chi connectivity index (χ4n) is 2.35. The second kappa shape index (κ2) is 8.32. The molecule has 0 aliphatic rings. The van der Waals surface area contributed by atoms with Crippen LogP contribution in [0.15, 0.2) is 36.4 Å². The first-order valence-electron chi connectivity index (χ1n) is 7.70. The van der Waals surface area contributed by atoms with Crippen LogP contribution in [0.5, 0.6) is 23.0 Å². The Morgan fingerprint density at radius 2 is 1.13 bits per heavy atom. The summed E-state index contributed by atoms with van der Waals surface area (Å²) >= 11 is 0. The standard InChI is InChI=1S/C19H24O4/c1-14-8-5-10-16(20-3)18(14)22-12-7-13-23-19-15(2)9-6-11-17(19)21-4/h5-6,8-11H,7,12-13H2,1-4H3. The van der Waals surface area contributed by atoms with Gasteiger partial charge in [-0.15, -0.1) is 0 Å². The van der Waals surface area contributed by atoms with Crippen LogP contribution in [-0.2, 0) is 0 Å². The molecule has 0 saturated heterocycles. The van der Waals surface area contributed by atoms with Crippen LogP contribution >= 0.6 is 0 Å². The van der Waals surface area contributed by atoms with E-state index in [0.717, 1.165) is 40.5 Å². The van der Waals surface area contributed by atoms with Gasteiger partial charge in [0.2, 0.25) is 0 Å². The van der Waals surface area contributed by atoms with Gasteiger partial charge in [0.05, 0.1) is 27.4 Å². The van der Waals surface area contributed by atoms with Gasteiger partial charge in [0.15, 0.2) is 23.0 Å². The molecule has 124 valence electrons. The summed E-state index contributed by atoms with van der Waals surface area (Å²) in [5.74, 6) is 3.10. The third-order valence-corrected chi connectivity index (χ3v) is 3.57. The number of aryl methyl sites for hydroxylation is 2. The smallest absolute Gasteiger partial charge is 0.164 e. The van der Waals surface area contributed by atoms with Crippen molar-refractivity contribution in [1.29, 1.82) is 0 Å². The summed E-state index contributed by atoms with van der Waals surface area (Å²) in [4.78, 5) is 0. The zero-order valence-electron chi connectivity index (χ0n) is 14.2. The van der Waals surface area contributed by atoms with Gasteiger partial charge in [-0.2, -0.15) is 0 Å². The van der Waals surface area contributed by atoms with E-state index < -0.39 is 0 Å². The van der Waals surface area contributed by atoms with Gasteiger partial charge in [-0.25, -0.2) is 0 Å². The van der Waals surface area contributed by atoms with Gasteiger partial charge in [-0.3, -0.25) is 0 Å². The molecule has 0 unspecified atom stereocenters. The molecule has 0 fully saturated rings. The molecule has 0 N–H and O–H groups in total. The highest BCUT2D eigenvalue weighted by Gasteiger charge is 2.09. The van der Waals surface area contributed by atoms with Gasteiger partial charge in [-0.1, -0.05) is 24.3 Å². The maximum Gasteiger partial charge on any atom is 0.164 e. The maximum absolute atomic E-state index is 5.85. The lowest BCUT2D eigenvalue weighted by Crippen LogP contribution is -2.07. The van der Waals surface area contributed by atoms with Crippen molar-refractivity contribution < 1.29 is 18.9 Å². The second-order valence-corrected chi connectivity index (χ2v) is 5.26. The summed E-state index contributed by atoms with van der Waals surface area (Å²) < 4.78 is 22.3. The molecule has 0 spiro atoms. The highest BCUT2D eigenvalue weighted by molar-refractivity contribution is 5.46. The number of rotatable bonds is 8. The van der Waals surface area contributed by atoms with Crippen LogP contribution in [0, 0.1) is 13.8 Å². The van der Waals surface area contributed by atoms with Crippen LogP contribution in [0.4, 0.5) is 0 Å². The van der Waals surface area contributed by atoms with Crippen LogP contribution in [0.2, 0.25) is 0 Å². The van der Waals surface area contributed by atoms with Crippen molar-refractivity contribution in [1.82, 2.24) is 0 Å². The summed E-state index contributed by atoms with van der Waals surface area (Å²) in [5.41, 5.74) is 2.12. The van der Waals surface area contributed by atoms with Crippen molar-refractivity contribution in [2.75, 3.05) is 27.4 Å². The predicted octanol–water partition coefficient (Wildman–Crippen LogP) is 4.17. The predicted molar refractivity (Wildman–Crippen MR) is 91.1 cm³/mol. The van der Waals surface area contributed by atoms with Crippen LogP contribution in [0.1, 0.15) is 17.5 Å². The molecule has 0 aliphatic carbocycles. The zero-order valence-corrected chi connectivity index (χ0v) is 14.2. The van der Waals surface area contributed by atoms with Gasteiger partial charge in [0.1, 0.15) is 0 Å². The van der Waals surface area contributed by atoms with Crippen molar-refractivity contribution >= 4 is 0 Å². The van der Waals surface area contributed by atoms with Gasteiger partial charge in [0.25, 0.3) is 0 Å². The molecule has 0 amide bonds. The monoisotopic (exact) mass is 316 g/mol. The quantitative estimate of drug-likeness (QED) is 0.685. The fraction of sp³-hybridized carbons (Fsp3) is 0.368. The van der Waals surface area contributed by atoms with E-state index in [9.17, 15) is 0 Å². The molecule has 0 aliphatic heterocycles. The Kier molecular flexibility index (Phi) is 6.15. The van der Waals surface area contributed by atoms with E-state index in [4.69, 9.17) is 18.9 Å². The number of benzene rings is 2. The minimum absolute atomic E-state index is 0.565. The summed E-state index contributed by atoms with van der Waals surface area (Å²) in [6.45, 7) is 5.14. The second-order valence-electron chi connectivity index (χ2n) is 5.26. The topological polar surface area (TPSA) is 36.9 Å². The van der Waals surface area contributed by atoms with Crippen molar-refractivity contribution in [2.45, 2.75) is 20.3 Å². The van der Waals surface area contributed by atoms with E-state index in [1.165, 1.54) is 0 Å². The Morgan fingerprint density at radius 1 is 0.696 bits per heavy atom. The van der Waals surface area contributed by atoms with E-state index in [1.807, 2.05) is 50.2 Å². The Hall–Kier alpha value is -2.36. The first-order chi connectivity index (χ1) is 11.2. The van der Waals surface area contributed by atoms with Gasteiger partial charge >= 0.3 is 0 Å². The first kappa shape index (κ1) is 17.0. The molecule has 0 radical (unpaired) electrons. The Balaban J connectivity index is 1.85. The number of hydrogen-bond donors (Lipinski definition) is 0. The van der Waals surface area contributed by atoms with Crippen LogP contribution in [-0.4, -0.2) is 27.4 Å². The SMILES string of the molecule is COc1cccc(C)c1OCCCOc1c(C)cccc1OC. The molecule has 0 atom stereocenters. The highest BCUT2D eigenvalue weighted by Crippen LogP contribution is 2.31. The van der Waals surface area contributed by atoms with Crippen LogP contribution in [0.3, 0.4) is 0 Å². The average molecular weight is 316 g/mol. The number of methoxy groups -OCH3 is 2.